The molecule has 0 aromatic carbocycles. The summed E-state index contributed by atoms with van der Waals surface area (Å²) in [7, 11) is 0. The highest BCUT2D eigenvalue weighted by molar-refractivity contribution is 5.68. The molecule has 0 fully saturated rings. The van der Waals surface area contributed by atoms with Crippen LogP contribution in [0.4, 0.5) is 4.79 Å². The second kappa shape index (κ2) is 7.49. The lowest BCUT2D eigenvalue weighted by Gasteiger charge is -2.23. The minimum Gasteiger partial charge on any atom is -0.444 e. The molecule has 0 aliphatic heterocycles. The van der Waals surface area contributed by atoms with E-state index in [9.17, 15) is 4.79 Å². The molecule has 0 aliphatic carbocycles. The first-order valence-corrected chi connectivity index (χ1v) is 6.08. The average Bonchev–Trinajstić information content (AvgIpc) is 2.11. The lowest BCUT2D eigenvalue weighted by atomic mass is 10.1. The van der Waals surface area contributed by atoms with Gasteiger partial charge in [-0.05, 0) is 40.2 Å². The molecule has 1 unspecified atom stereocenters. The first-order chi connectivity index (χ1) is 7.39. The van der Waals surface area contributed by atoms with Gasteiger partial charge in [0.1, 0.15) is 5.60 Å². The van der Waals surface area contributed by atoms with E-state index in [1.165, 1.54) is 0 Å². The summed E-state index contributed by atoms with van der Waals surface area (Å²) in [6.07, 6.45) is 3.64. The number of hydrogen-bond donors (Lipinski definition) is 2. The van der Waals surface area contributed by atoms with Crippen LogP contribution in [0.5, 0.6) is 0 Å². The Morgan fingerprint density at radius 3 is 2.44 bits per heavy atom. The Morgan fingerprint density at radius 1 is 1.38 bits per heavy atom. The van der Waals surface area contributed by atoms with Crippen LogP contribution < -0.4 is 11.1 Å². The molecule has 0 rings (SSSR count). The van der Waals surface area contributed by atoms with Gasteiger partial charge in [0.15, 0.2) is 0 Å². The Balaban J connectivity index is 4.02. The van der Waals surface area contributed by atoms with Crippen LogP contribution in [0, 0.1) is 0 Å². The van der Waals surface area contributed by atoms with E-state index < -0.39 is 5.60 Å². The molecule has 0 spiro atoms. The van der Waals surface area contributed by atoms with Gasteiger partial charge in [0, 0.05) is 6.04 Å². The molecule has 0 aliphatic rings. The van der Waals surface area contributed by atoms with E-state index in [1.54, 1.807) is 0 Å². The maximum absolute atomic E-state index is 11.5. The summed E-state index contributed by atoms with van der Waals surface area (Å²) >= 11 is 0. The molecule has 0 radical (unpaired) electrons. The van der Waals surface area contributed by atoms with Gasteiger partial charge in [-0.25, -0.2) is 4.79 Å². The van der Waals surface area contributed by atoms with Crippen molar-refractivity contribution >= 4 is 6.09 Å². The fourth-order valence-electron chi connectivity index (χ4n) is 1.41. The van der Waals surface area contributed by atoms with Crippen molar-refractivity contribution in [3.8, 4) is 0 Å². The normalized spacial score (nSPS) is 13.3. The Morgan fingerprint density at radius 2 is 2.00 bits per heavy atom. The molecule has 0 bridgehead atoms. The van der Waals surface area contributed by atoms with E-state index >= 15 is 0 Å². The summed E-state index contributed by atoms with van der Waals surface area (Å²) in [5, 5.41) is 2.87. The number of alkyl carbamates (subject to hydrolysis) is 1. The van der Waals surface area contributed by atoms with Crippen LogP contribution in [0.15, 0.2) is 0 Å². The summed E-state index contributed by atoms with van der Waals surface area (Å²) in [5.74, 6) is 0. The van der Waals surface area contributed by atoms with Crippen molar-refractivity contribution in [2.24, 2.45) is 5.73 Å². The molecule has 1 atom stereocenters. The zero-order valence-electron chi connectivity index (χ0n) is 11.0. The van der Waals surface area contributed by atoms with E-state index in [4.69, 9.17) is 10.5 Å². The van der Waals surface area contributed by atoms with Gasteiger partial charge in [-0.15, -0.1) is 0 Å². The van der Waals surface area contributed by atoms with E-state index in [0.717, 1.165) is 25.7 Å². The highest BCUT2D eigenvalue weighted by atomic mass is 16.6. The van der Waals surface area contributed by atoms with E-state index in [2.05, 4.69) is 12.2 Å². The summed E-state index contributed by atoms with van der Waals surface area (Å²) < 4.78 is 5.20. The van der Waals surface area contributed by atoms with Gasteiger partial charge in [-0.2, -0.15) is 0 Å². The zero-order valence-corrected chi connectivity index (χ0v) is 11.0. The predicted molar refractivity (Wildman–Crippen MR) is 66.4 cm³/mol. The van der Waals surface area contributed by atoms with Gasteiger partial charge in [0.05, 0.1) is 0 Å². The van der Waals surface area contributed by atoms with Crippen molar-refractivity contribution in [3.63, 3.8) is 0 Å². The second-order valence-corrected chi connectivity index (χ2v) is 5.06. The van der Waals surface area contributed by atoms with Crippen LogP contribution in [0.25, 0.3) is 0 Å². The minimum atomic E-state index is -0.442. The molecular formula is C12H26N2O2. The molecule has 0 aromatic heterocycles. The van der Waals surface area contributed by atoms with Crippen molar-refractivity contribution in [1.82, 2.24) is 5.32 Å². The van der Waals surface area contributed by atoms with Gasteiger partial charge >= 0.3 is 6.09 Å². The van der Waals surface area contributed by atoms with E-state index in [0.29, 0.717) is 6.54 Å². The Bertz CT molecular complexity index is 200. The van der Waals surface area contributed by atoms with Gasteiger partial charge in [0.25, 0.3) is 0 Å². The van der Waals surface area contributed by atoms with Crippen LogP contribution in [0.2, 0.25) is 0 Å². The van der Waals surface area contributed by atoms with Crippen LogP contribution in [0.1, 0.15) is 53.4 Å². The van der Waals surface area contributed by atoms with Crippen LogP contribution in [-0.2, 0) is 4.74 Å². The average molecular weight is 230 g/mol. The van der Waals surface area contributed by atoms with Crippen molar-refractivity contribution in [2.75, 3.05) is 6.54 Å². The summed E-state index contributed by atoms with van der Waals surface area (Å²) in [4.78, 5) is 11.5. The molecule has 1 amide bonds. The number of amides is 1. The summed E-state index contributed by atoms with van der Waals surface area (Å²) in [6.45, 7) is 8.29. The fraction of sp³-hybridized carbons (Fsp3) is 0.917. The molecule has 0 saturated carbocycles. The first kappa shape index (κ1) is 15.2. The Kier molecular flexibility index (Phi) is 7.13. The zero-order chi connectivity index (χ0) is 12.6. The Labute approximate surface area is 98.9 Å². The largest absolute Gasteiger partial charge is 0.444 e. The summed E-state index contributed by atoms with van der Waals surface area (Å²) in [6, 6.07) is 0.139. The molecule has 16 heavy (non-hydrogen) atoms. The quantitative estimate of drug-likeness (QED) is 0.736. The third-order valence-corrected chi connectivity index (χ3v) is 2.14. The highest BCUT2D eigenvalue weighted by Gasteiger charge is 2.18. The first-order valence-electron chi connectivity index (χ1n) is 6.08. The van der Waals surface area contributed by atoms with Crippen LogP contribution in [0.3, 0.4) is 0 Å². The van der Waals surface area contributed by atoms with Crippen molar-refractivity contribution < 1.29 is 9.53 Å². The smallest absolute Gasteiger partial charge is 0.407 e. The SMILES string of the molecule is CCCCC(CCN)NC(=O)OC(C)(C)C. The van der Waals surface area contributed by atoms with Gasteiger partial charge in [0.2, 0.25) is 0 Å². The van der Waals surface area contributed by atoms with Crippen molar-refractivity contribution in [2.45, 2.75) is 65.0 Å². The number of hydrogen-bond acceptors (Lipinski definition) is 3. The standard InChI is InChI=1S/C12H26N2O2/c1-5-6-7-10(8-9-13)14-11(15)16-12(2,3)4/h10H,5-9,13H2,1-4H3,(H,14,15). The number of carbonyl (C=O) groups excluding carboxylic acids is 1. The molecule has 0 saturated heterocycles. The maximum atomic E-state index is 11.5. The highest BCUT2D eigenvalue weighted by Crippen LogP contribution is 2.09. The molecule has 0 heterocycles. The monoisotopic (exact) mass is 230 g/mol. The number of carbonyl (C=O) groups is 1. The van der Waals surface area contributed by atoms with Gasteiger partial charge < -0.3 is 15.8 Å². The molecule has 0 aromatic rings. The minimum absolute atomic E-state index is 0.139. The number of ether oxygens (including phenoxy) is 1. The van der Waals surface area contributed by atoms with Crippen LogP contribution in [-0.4, -0.2) is 24.3 Å². The number of nitrogens with one attached hydrogen (secondary N) is 1. The molecule has 96 valence electrons. The third kappa shape index (κ3) is 8.53. The number of nitrogens with two attached hydrogens (primary N) is 1. The predicted octanol–water partition coefficient (Wildman–Crippen LogP) is 2.42. The lowest BCUT2D eigenvalue weighted by Crippen LogP contribution is -2.40. The summed E-state index contributed by atoms with van der Waals surface area (Å²) in [5.41, 5.74) is 5.07. The fourth-order valence-corrected chi connectivity index (χ4v) is 1.41. The molecule has 4 heteroatoms. The van der Waals surface area contributed by atoms with Gasteiger partial charge in [-0.3, -0.25) is 0 Å². The molecule has 3 N–H and O–H groups in total. The van der Waals surface area contributed by atoms with Crippen molar-refractivity contribution in [1.29, 1.82) is 0 Å². The number of rotatable bonds is 6. The van der Waals surface area contributed by atoms with E-state index in [1.807, 2.05) is 20.8 Å². The Hall–Kier alpha value is -0.770. The third-order valence-electron chi connectivity index (χ3n) is 2.14. The van der Waals surface area contributed by atoms with Crippen LogP contribution >= 0.6 is 0 Å². The van der Waals surface area contributed by atoms with Gasteiger partial charge in [-0.1, -0.05) is 19.8 Å². The lowest BCUT2D eigenvalue weighted by molar-refractivity contribution is 0.0499. The maximum Gasteiger partial charge on any atom is 0.407 e. The molecular weight excluding hydrogens is 204 g/mol. The molecule has 4 nitrogen and oxygen atoms in total. The topological polar surface area (TPSA) is 64.3 Å². The van der Waals surface area contributed by atoms with E-state index in [-0.39, 0.29) is 12.1 Å². The van der Waals surface area contributed by atoms with Crippen molar-refractivity contribution in [3.05, 3.63) is 0 Å². The second-order valence-electron chi connectivity index (χ2n) is 5.06. The number of unbranched alkanes of at least 4 members (excludes halogenated alkanes) is 1.